The highest BCUT2D eigenvalue weighted by atomic mass is 32.1. The molecule has 0 aromatic carbocycles. The molecule has 2 rings (SSSR count). The molecule has 1 saturated heterocycles. The zero-order valence-corrected chi connectivity index (χ0v) is 12.7. The van der Waals surface area contributed by atoms with Gasteiger partial charge in [0.1, 0.15) is 5.60 Å². The molecule has 0 radical (unpaired) electrons. The Kier molecular flexibility index (Phi) is 5.01. The Morgan fingerprint density at radius 2 is 2.50 bits per heavy atom. The summed E-state index contributed by atoms with van der Waals surface area (Å²) >= 11 is 1.47. The van der Waals surface area contributed by atoms with Crippen LogP contribution in [0.3, 0.4) is 0 Å². The van der Waals surface area contributed by atoms with Crippen molar-refractivity contribution in [2.45, 2.75) is 44.4 Å². The van der Waals surface area contributed by atoms with Gasteiger partial charge in [0, 0.05) is 11.5 Å². The van der Waals surface area contributed by atoms with E-state index >= 15 is 0 Å². The van der Waals surface area contributed by atoms with Crippen LogP contribution in [0, 0.1) is 0 Å². The fourth-order valence-corrected chi connectivity index (χ4v) is 3.06. The van der Waals surface area contributed by atoms with Gasteiger partial charge in [-0.1, -0.05) is 6.07 Å². The summed E-state index contributed by atoms with van der Waals surface area (Å²) < 4.78 is 5.53. The van der Waals surface area contributed by atoms with Gasteiger partial charge in [-0.3, -0.25) is 0 Å². The molecular weight excluding hydrogens is 276 g/mol. The lowest BCUT2D eigenvalue weighted by atomic mass is 10.1. The summed E-state index contributed by atoms with van der Waals surface area (Å²) in [6.07, 6.45) is 2.12. The third kappa shape index (κ3) is 3.94. The zero-order valence-electron chi connectivity index (χ0n) is 11.9. The van der Waals surface area contributed by atoms with E-state index in [9.17, 15) is 9.90 Å². The average Bonchev–Trinajstić information content (AvgIpc) is 3.08. The SMILES string of the molecule is CC(NC(=O)NCC(C)(O)c1cccs1)C1CCCO1. The van der Waals surface area contributed by atoms with Gasteiger partial charge in [-0.05, 0) is 38.1 Å². The summed E-state index contributed by atoms with van der Waals surface area (Å²) in [7, 11) is 0. The number of carbonyl (C=O) groups is 1. The van der Waals surface area contributed by atoms with Gasteiger partial charge >= 0.3 is 6.03 Å². The second-order valence-electron chi connectivity index (χ2n) is 5.42. The number of urea groups is 1. The maximum absolute atomic E-state index is 11.8. The minimum Gasteiger partial charge on any atom is -0.383 e. The maximum Gasteiger partial charge on any atom is 0.315 e. The number of aliphatic hydroxyl groups is 1. The Hall–Kier alpha value is -1.11. The highest BCUT2D eigenvalue weighted by molar-refractivity contribution is 7.10. The molecule has 1 fully saturated rings. The zero-order chi connectivity index (χ0) is 14.6. The van der Waals surface area contributed by atoms with Crippen LogP contribution >= 0.6 is 11.3 Å². The van der Waals surface area contributed by atoms with Crippen molar-refractivity contribution in [2.24, 2.45) is 0 Å². The number of hydrogen-bond donors (Lipinski definition) is 3. The Morgan fingerprint density at radius 3 is 3.10 bits per heavy atom. The van der Waals surface area contributed by atoms with Gasteiger partial charge in [0.2, 0.25) is 0 Å². The number of thiophene rings is 1. The molecule has 3 unspecified atom stereocenters. The van der Waals surface area contributed by atoms with E-state index < -0.39 is 5.60 Å². The summed E-state index contributed by atoms with van der Waals surface area (Å²) in [4.78, 5) is 12.7. The summed E-state index contributed by atoms with van der Waals surface area (Å²) in [6, 6.07) is 3.45. The summed E-state index contributed by atoms with van der Waals surface area (Å²) in [6.45, 7) is 4.58. The number of hydrogen-bond acceptors (Lipinski definition) is 4. The van der Waals surface area contributed by atoms with Crippen LogP contribution in [0.1, 0.15) is 31.6 Å². The van der Waals surface area contributed by atoms with E-state index in [0.29, 0.717) is 0 Å². The number of ether oxygens (including phenoxy) is 1. The van der Waals surface area contributed by atoms with Crippen molar-refractivity contribution in [3.63, 3.8) is 0 Å². The summed E-state index contributed by atoms with van der Waals surface area (Å²) in [5, 5.41) is 17.8. The lowest BCUT2D eigenvalue weighted by molar-refractivity contribution is 0.0616. The van der Waals surface area contributed by atoms with Crippen LogP contribution in [0.2, 0.25) is 0 Å². The quantitative estimate of drug-likeness (QED) is 0.776. The van der Waals surface area contributed by atoms with Crippen LogP contribution in [-0.2, 0) is 10.3 Å². The molecule has 1 aliphatic heterocycles. The molecule has 6 heteroatoms. The van der Waals surface area contributed by atoms with E-state index in [1.54, 1.807) is 6.92 Å². The minimum absolute atomic E-state index is 0.0239. The number of rotatable bonds is 5. The van der Waals surface area contributed by atoms with Crippen molar-refractivity contribution in [3.8, 4) is 0 Å². The summed E-state index contributed by atoms with van der Waals surface area (Å²) in [5.41, 5.74) is -1.04. The lowest BCUT2D eigenvalue weighted by Crippen LogP contribution is -2.49. The first-order chi connectivity index (χ1) is 9.49. The molecule has 2 heterocycles. The molecule has 112 valence electrons. The average molecular weight is 298 g/mol. The van der Waals surface area contributed by atoms with Gasteiger partial charge < -0.3 is 20.5 Å². The molecule has 2 amide bonds. The van der Waals surface area contributed by atoms with Crippen LogP contribution in [0.5, 0.6) is 0 Å². The standard InChI is InChI=1S/C14H22N2O3S/c1-10(11-5-3-7-19-11)16-13(17)15-9-14(2,18)12-6-4-8-20-12/h4,6,8,10-11,18H,3,5,7,9H2,1-2H3,(H2,15,16,17). The maximum atomic E-state index is 11.8. The monoisotopic (exact) mass is 298 g/mol. The van der Waals surface area contributed by atoms with E-state index in [1.165, 1.54) is 11.3 Å². The topological polar surface area (TPSA) is 70.6 Å². The van der Waals surface area contributed by atoms with Gasteiger partial charge in [0.15, 0.2) is 0 Å². The smallest absolute Gasteiger partial charge is 0.315 e. The van der Waals surface area contributed by atoms with Gasteiger partial charge in [-0.25, -0.2) is 4.79 Å². The van der Waals surface area contributed by atoms with Crippen molar-refractivity contribution < 1.29 is 14.6 Å². The predicted molar refractivity (Wildman–Crippen MR) is 78.9 cm³/mol. The second-order valence-corrected chi connectivity index (χ2v) is 6.37. The first kappa shape index (κ1) is 15.3. The van der Waals surface area contributed by atoms with Crippen LogP contribution < -0.4 is 10.6 Å². The molecule has 0 aliphatic carbocycles. The number of nitrogens with one attached hydrogen (secondary N) is 2. The Morgan fingerprint density at radius 1 is 1.70 bits per heavy atom. The largest absolute Gasteiger partial charge is 0.383 e. The van der Waals surface area contributed by atoms with Gasteiger partial charge in [-0.15, -0.1) is 11.3 Å². The molecule has 1 aliphatic rings. The first-order valence-electron chi connectivity index (χ1n) is 6.91. The highest BCUT2D eigenvalue weighted by Gasteiger charge is 2.27. The van der Waals surface area contributed by atoms with Crippen LogP contribution in [0.25, 0.3) is 0 Å². The van der Waals surface area contributed by atoms with Gasteiger partial charge in [0.25, 0.3) is 0 Å². The third-order valence-electron chi connectivity index (χ3n) is 3.53. The summed E-state index contributed by atoms with van der Waals surface area (Å²) in [5.74, 6) is 0. The van der Waals surface area contributed by atoms with Crippen LogP contribution in [0.15, 0.2) is 17.5 Å². The van der Waals surface area contributed by atoms with E-state index in [1.807, 2.05) is 24.4 Å². The van der Waals surface area contributed by atoms with Gasteiger partial charge in [0.05, 0.1) is 18.7 Å². The van der Waals surface area contributed by atoms with Crippen LogP contribution in [0.4, 0.5) is 4.79 Å². The molecule has 0 saturated carbocycles. The Bertz CT molecular complexity index is 428. The number of amides is 2. The van der Waals surface area contributed by atoms with E-state index in [-0.39, 0.29) is 24.7 Å². The minimum atomic E-state index is -1.04. The van der Waals surface area contributed by atoms with Crippen molar-refractivity contribution >= 4 is 17.4 Å². The molecule has 0 spiro atoms. The van der Waals surface area contributed by atoms with Crippen molar-refractivity contribution in [2.75, 3.05) is 13.2 Å². The molecule has 20 heavy (non-hydrogen) atoms. The van der Waals surface area contributed by atoms with Crippen molar-refractivity contribution in [3.05, 3.63) is 22.4 Å². The normalized spacial score (nSPS) is 23.1. The highest BCUT2D eigenvalue weighted by Crippen LogP contribution is 2.24. The Balaban J connectivity index is 1.77. The molecule has 1 aromatic heterocycles. The van der Waals surface area contributed by atoms with E-state index in [4.69, 9.17) is 4.74 Å². The molecule has 3 N–H and O–H groups in total. The molecule has 3 atom stereocenters. The number of carbonyl (C=O) groups excluding carboxylic acids is 1. The van der Waals surface area contributed by atoms with E-state index in [2.05, 4.69) is 10.6 Å². The predicted octanol–water partition coefficient (Wildman–Crippen LogP) is 1.82. The first-order valence-corrected chi connectivity index (χ1v) is 7.79. The molecule has 0 bridgehead atoms. The molecule has 5 nitrogen and oxygen atoms in total. The molecular formula is C14H22N2O3S. The third-order valence-corrected chi connectivity index (χ3v) is 4.65. The van der Waals surface area contributed by atoms with E-state index in [0.717, 1.165) is 24.3 Å². The second kappa shape index (κ2) is 6.56. The lowest BCUT2D eigenvalue weighted by Gasteiger charge is -2.24. The fraction of sp³-hybridized carbons (Fsp3) is 0.643. The van der Waals surface area contributed by atoms with Gasteiger partial charge in [-0.2, -0.15) is 0 Å². The van der Waals surface area contributed by atoms with Crippen molar-refractivity contribution in [1.82, 2.24) is 10.6 Å². The molecule has 1 aromatic rings. The Labute approximate surface area is 123 Å². The van der Waals surface area contributed by atoms with Crippen molar-refractivity contribution in [1.29, 1.82) is 0 Å². The van der Waals surface area contributed by atoms with Crippen LogP contribution in [-0.4, -0.2) is 36.4 Å². The fourth-order valence-electron chi connectivity index (χ4n) is 2.27.